The summed E-state index contributed by atoms with van der Waals surface area (Å²) in [5.41, 5.74) is -3.07. The SMILES string of the molecule is COc1cc(C(=O)NC(C)C)ccc1NCC#Cc1nc2c(Br)cccn2c1SC(F)(F)F. The number of ether oxygens (including phenoxy) is 1. The second kappa shape index (κ2) is 10.4. The minimum Gasteiger partial charge on any atom is -0.495 e. The van der Waals surface area contributed by atoms with Gasteiger partial charge in [-0.05, 0) is 66.0 Å². The number of rotatable bonds is 6. The van der Waals surface area contributed by atoms with Gasteiger partial charge >= 0.3 is 5.51 Å². The maximum Gasteiger partial charge on any atom is 0.447 e. The minimum atomic E-state index is -4.48. The Bertz CT molecular complexity index is 1230. The summed E-state index contributed by atoms with van der Waals surface area (Å²) in [7, 11) is 1.48. The fraction of sp³-hybridized carbons (Fsp3) is 0.273. The van der Waals surface area contributed by atoms with E-state index in [0.29, 0.717) is 27.1 Å². The van der Waals surface area contributed by atoms with Crippen molar-refractivity contribution in [1.82, 2.24) is 14.7 Å². The molecular formula is C22H20BrF3N4O2S. The number of hydrogen-bond acceptors (Lipinski definition) is 5. The number of amides is 1. The third-order valence-corrected chi connectivity index (χ3v) is 5.66. The number of carbonyl (C=O) groups excluding carboxylic acids is 1. The molecule has 3 rings (SSSR count). The van der Waals surface area contributed by atoms with Gasteiger partial charge in [-0.15, -0.1) is 0 Å². The number of anilines is 1. The smallest absolute Gasteiger partial charge is 0.447 e. The number of hydrogen-bond donors (Lipinski definition) is 2. The third-order valence-electron chi connectivity index (χ3n) is 4.23. The highest BCUT2D eigenvalue weighted by atomic mass is 79.9. The van der Waals surface area contributed by atoms with Crippen molar-refractivity contribution in [2.75, 3.05) is 19.0 Å². The Balaban J connectivity index is 1.80. The van der Waals surface area contributed by atoms with Gasteiger partial charge in [0.05, 0.1) is 23.8 Å². The van der Waals surface area contributed by atoms with Crippen molar-refractivity contribution in [2.24, 2.45) is 0 Å². The van der Waals surface area contributed by atoms with E-state index in [4.69, 9.17) is 4.74 Å². The van der Waals surface area contributed by atoms with Crippen LogP contribution < -0.4 is 15.4 Å². The summed E-state index contributed by atoms with van der Waals surface area (Å²) in [5, 5.41) is 5.75. The molecule has 2 heterocycles. The molecule has 0 aliphatic heterocycles. The number of halogens is 4. The molecule has 33 heavy (non-hydrogen) atoms. The molecule has 0 atom stereocenters. The molecule has 0 fully saturated rings. The zero-order valence-electron chi connectivity index (χ0n) is 17.9. The molecule has 2 aromatic heterocycles. The van der Waals surface area contributed by atoms with Gasteiger partial charge in [0.1, 0.15) is 16.5 Å². The van der Waals surface area contributed by atoms with Crippen molar-refractivity contribution in [3.63, 3.8) is 0 Å². The van der Waals surface area contributed by atoms with Crippen molar-refractivity contribution in [2.45, 2.75) is 30.4 Å². The molecule has 1 aromatic carbocycles. The highest BCUT2D eigenvalue weighted by molar-refractivity contribution is 9.10. The number of benzene rings is 1. The van der Waals surface area contributed by atoms with E-state index in [1.54, 1.807) is 30.3 Å². The number of alkyl halides is 3. The van der Waals surface area contributed by atoms with Crippen molar-refractivity contribution in [3.05, 3.63) is 52.3 Å². The first-order chi connectivity index (χ1) is 15.6. The zero-order chi connectivity index (χ0) is 24.2. The van der Waals surface area contributed by atoms with Crippen LogP contribution in [-0.2, 0) is 0 Å². The molecule has 0 aliphatic rings. The van der Waals surface area contributed by atoms with Crippen LogP contribution in [0, 0.1) is 11.8 Å². The van der Waals surface area contributed by atoms with Crippen LogP contribution >= 0.6 is 27.7 Å². The Morgan fingerprint density at radius 2 is 2.09 bits per heavy atom. The van der Waals surface area contributed by atoms with Crippen molar-refractivity contribution in [3.8, 4) is 17.6 Å². The van der Waals surface area contributed by atoms with Gasteiger partial charge in [-0.1, -0.05) is 5.92 Å². The minimum absolute atomic E-state index is 0.00259. The molecule has 3 aromatic rings. The average molecular weight is 541 g/mol. The maximum atomic E-state index is 13.1. The van der Waals surface area contributed by atoms with Gasteiger partial charge in [0.15, 0.2) is 5.65 Å². The molecule has 0 bridgehead atoms. The lowest BCUT2D eigenvalue weighted by Gasteiger charge is -2.12. The Morgan fingerprint density at radius 1 is 1.33 bits per heavy atom. The van der Waals surface area contributed by atoms with Crippen LogP contribution in [0.5, 0.6) is 5.75 Å². The van der Waals surface area contributed by atoms with E-state index < -0.39 is 5.51 Å². The van der Waals surface area contributed by atoms with Gasteiger partial charge in [-0.2, -0.15) is 13.2 Å². The number of pyridine rings is 1. The molecular weight excluding hydrogens is 521 g/mol. The molecule has 0 aliphatic carbocycles. The van der Waals surface area contributed by atoms with Gasteiger partial charge in [-0.25, -0.2) is 4.98 Å². The second-order valence-electron chi connectivity index (χ2n) is 7.06. The van der Waals surface area contributed by atoms with Crippen molar-refractivity contribution >= 4 is 44.9 Å². The van der Waals surface area contributed by atoms with Crippen LogP contribution in [-0.4, -0.2) is 40.5 Å². The second-order valence-corrected chi connectivity index (χ2v) is 8.97. The van der Waals surface area contributed by atoms with Crippen LogP contribution in [0.3, 0.4) is 0 Å². The standard InChI is InChI=1S/C22H20BrF3N4O2S/c1-13(2)28-20(31)14-8-9-16(18(12-14)32-3)27-10-4-7-17-21(33-22(24,25)26)30-11-5-6-15(23)19(30)29-17/h5-6,8-9,11-13,27H,10H2,1-3H3,(H,28,31). The first-order valence-electron chi connectivity index (χ1n) is 9.73. The number of aromatic nitrogens is 2. The van der Waals surface area contributed by atoms with Gasteiger partial charge in [-0.3, -0.25) is 9.20 Å². The predicted molar refractivity (Wildman–Crippen MR) is 126 cm³/mol. The zero-order valence-corrected chi connectivity index (χ0v) is 20.3. The predicted octanol–water partition coefficient (Wildman–Crippen LogP) is 5.32. The summed E-state index contributed by atoms with van der Waals surface area (Å²) < 4.78 is 46.5. The highest BCUT2D eigenvalue weighted by Crippen LogP contribution is 2.39. The molecule has 0 saturated heterocycles. The summed E-state index contributed by atoms with van der Waals surface area (Å²) in [4.78, 5) is 16.4. The topological polar surface area (TPSA) is 67.7 Å². The highest BCUT2D eigenvalue weighted by Gasteiger charge is 2.33. The lowest BCUT2D eigenvalue weighted by molar-refractivity contribution is -0.0330. The lowest BCUT2D eigenvalue weighted by Crippen LogP contribution is -2.30. The average Bonchev–Trinajstić information content (AvgIpc) is 3.08. The molecule has 174 valence electrons. The fourth-order valence-electron chi connectivity index (χ4n) is 2.89. The Kier molecular flexibility index (Phi) is 7.81. The monoisotopic (exact) mass is 540 g/mol. The number of imidazole rings is 1. The molecule has 0 radical (unpaired) electrons. The van der Waals surface area contributed by atoms with Crippen LogP contribution in [0.4, 0.5) is 18.9 Å². The number of methoxy groups -OCH3 is 1. The van der Waals surface area contributed by atoms with E-state index in [9.17, 15) is 18.0 Å². The summed E-state index contributed by atoms with van der Waals surface area (Å²) in [5.74, 6) is 5.75. The van der Waals surface area contributed by atoms with Crippen molar-refractivity contribution in [1.29, 1.82) is 0 Å². The quantitative estimate of drug-likeness (QED) is 0.327. The van der Waals surface area contributed by atoms with Gasteiger partial charge in [0.2, 0.25) is 0 Å². The van der Waals surface area contributed by atoms with Crippen LogP contribution in [0.15, 0.2) is 46.0 Å². The van der Waals surface area contributed by atoms with E-state index in [1.165, 1.54) is 17.7 Å². The first kappa shape index (κ1) is 24.8. The molecule has 0 spiro atoms. The Hall–Kier alpha value is -2.84. The van der Waals surface area contributed by atoms with Gasteiger partial charge < -0.3 is 15.4 Å². The Labute approximate surface area is 201 Å². The summed E-state index contributed by atoms with van der Waals surface area (Å²) in [6, 6.07) is 8.24. The lowest BCUT2D eigenvalue weighted by atomic mass is 10.1. The van der Waals surface area contributed by atoms with E-state index >= 15 is 0 Å². The van der Waals surface area contributed by atoms with Crippen LogP contribution in [0.25, 0.3) is 5.65 Å². The third kappa shape index (κ3) is 6.36. The largest absolute Gasteiger partial charge is 0.495 e. The van der Waals surface area contributed by atoms with Gasteiger partial charge in [0, 0.05) is 29.6 Å². The van der Waals surface area contributed by atoms with Gasteiger partial charge in [0.25, 0.3) is 5.91 Å². The fourth-order valence-corrected chi connectivity index (χ4v) is 3.98. The number of nitrogens with zero attached hydrogens (tertiary/aromatic N) is 2. The molecule has 0 saturated carbocycles. The number of nitrogens with one attached hydrogen (secondary N) is 2. The maximum absolute atomic E-state index is 13.1. The van der Waals surface area contributed by atoms with Crippen molar-refractivity contribution < 1.29 is 22.7 Å². The molecule has 1 amide bonds. The summed E-state index contributed by atoms with van der Waals surface area (Å²) >= 11 is 3.04. The number of carbonyl (C=O) groups is 1. The van der Waals surface area contributed by atoms with E-state index in [0.717, 1.165) is 0 Å². The first-order valence-corrected chi connectivity index (χ1v) is 11.3. The summed E-state index contributed by atoms with van der Waals surface area (Å²) in [6.45, 7) is 3.85. The normalized spacial score (nSPS) is 11.3. The molecule has 2 N–H and O–H groups in total. The van der Waals surface area contributed by atoms with E-state index in [1.807, 2.05) is 13.8 Å². The Morgan fingerprint density at radius 3 is 2.76 bits per heavy atom. The molecule has 11 heteroatoms. The summed E-state index contributed by atoms with van der Waals surface area (Å²) in [6.07, 6.45) is 1.51. The number of thioether (sulfide) groups is 1. The molecule has 6 nitrogen and oxygen atoms in total. The van der Waals surface area contributed by atoms with Crippen LogP contribution in [0.2, 0.25) is 0 Å². The number of fused-ring (bicyclic) bond motifs is 1. The van der Waals surface area contributed by atoms with E-state index in [2.05, 4.69) is 43.4 Å². The van der Waals surface area contributed by atoms with Crippen LogP contribution in [0.1, 0.15) is 29.9 Å². The molecule has 0 unspecified atom stereocenters. The van der Waals surface area contributed by atoms with E-state index in [-0.39, 0.29) is 41.0 Å².